The molecular formula is C16H14O4. The summed E-state index contributed by atoms with van der Waals surface area (Å²) < 4.78 is 0. The van der Waals surface area contributed by atoms with Gasteiger partial charge in [0.15, 0.2) is 11.5 Å². The van der Waals surface area contributed by atoms with Crippen LogP contribution < -0.4 is 9.78 Å². The van der Waals surface area contributed by atoms with Crippen LogP contribution in [-0.4, -0.2) is 12.6 Å². The summed E-state index contributed by atoms with van der Waals surface area (Å²) >= 11 is 0. The van der Waals surface area contributed by atoms with Crippen molar-refractivity contribution in [3.63, 3.8) is 0 Å². The highest BCUT2D eigenvalue weighted by Gasteiger charge is 2.09. The third kappa shape index (κ3) is 2.69. The predicted molar refractivity (Wildman–Crippen MR) is 74.4 cm³/mol. The lowest BCUT2D eigenvalue weighted by Crippen LogP contribution is -2.05. The maximum Gasteiger partial charge on any atom is 0.182 e. The van der Waals surface area contributed by atoms with Crippen molar-refractivity contribution < 1.29 is 19.4 Å². The van der Waals surface area contributed by atoms with Gasteiger partial charge in [-0.15, -0.1) is 0 Å². The molecule has 102 valence electrons. The first kappa shape index (κ1) is 13.8. The van der Waals surface area contributed by atoms with Crippen molar-refractivity contribution in [1.82, 2.24) is 0 Å². The van der Waals surface area contributed by atoms with Gasteiger partial charge in [-0.3, -0.25) is 19.4 Å². The average molecular weight is 270 g/mol. The molecule has 0 radical (unpaired) electrons. The lowest BCUT2D eigenvalue weighted by molar-refractivity contribution is -0.101. The maximum absolute atomic E-state index is 10.9. The van der Waals surface area contributed by atoms with Crippen molar-refractivity contribution in [3.05, 3.63) is 58.7 Å². The molecule has 0 heterocycles. The van der Waals surface area contributed by atoms with Gasteiger partial charge in [-0.2, -0.15) is 0 Å². The van der Waals surface area contributed by atoms with Crippen LogP contribution in [0.2, 0.25) is 0 Å². The molecule has 0 saturated heterocycles. The molecule has 0 aliphatic carbocycles. The van der Waals surface area contributed by atoms with Gasteiger partial charge in [0, 0.05) is 22.3 Å². The number of carbonyl (C=O) groups excluding carboxylic acids is 2. The molecule has 0 spiro atoms. The molecular weight excluding hydrogens is 256 g/mol. The molecule has 0 bridgehead atoms. The zero-order chi connectivity index (χ0) is 14.5. The van der Waals surface area contributed by atoms with Gasteiger partial charge in [0.2, 0.25) is 0 Å². The Balaban J connectivity index is 2.21. The van der Waals surface area contributed by atoms with Crippen LogP contribution >= 0.6 is 0 Å². The first-order chi connectivity index (χ1) is 9.67. The predicted octanol–water partition coefficient (Wildman–Crippen LogP) is 3.30. The summed E-state index contributed by atoms with van der Waals surface area (Å²) in [5.74, 6) is 0.927. The van der Waals surface area contributed by atoms with Crippen molar-refractivity contribution in [2.45, 2.75) is 13.8 Å². The van der Waals surface area contributed by atoms with E-state index in [2.05, 4.69) is 0 Å². The Kier molecular flexibility index (Phi) is 4.15. The molecule has 4 heteroatoms. The molecule has 2 aromatic carbocycles. The van der Waals surface area contributed by atoms with Crippen LogP contribution in [0, 0.1) is 13.8 Å². The monoisotopic (exact) mass is 270 g/mol. The zero-order valence-electron chi connectivity index (χ0n) is 11.3. The minimum absolute atomic E-state index is 0.463. The summed E-state index contributed by atoms with van der Waals surface area (Å²) in [6, 6.07) is 10.2. The van der Waals surface area contributed by atoms with Crippen LogP contribution in [0.3, 0.4) is 0 Å². The van der Waals surface area contributed by atoms with Crippen molar-refractivity contribution in [3.8, 4) is 11.5 Å². The molecule has 0 aliphatic rings. The fourth-order valence-corrected chi connectivity index (χ4v) is 1.79. The second-order valence-corrected chi connectivity index (χ2v) is 4.34. The van der Waals surface area contributed by atoms with Crippen LogP contribution in [0.4, 0.5) is 0 Å². The zero-order valence-corrected chi connectivity index (χ0v) is 11.3. The average Bonchev–Trinajstić information content (AvgIpc) is 2.47. The Morgan fingerprint density at radius 1 is 0.750 bits per heavy atom. The lowest BCUT2D eigenvalue weighted by atomic mass is 10.1. The van der Waals surface area contributed by atoms with Crippen molar-refractivity contribution >= 4 is 12.6 Å². The highest BCUT2D eigenvalue weighted by Crippen LogP contribution is 2.24. The Morgan fingerprint density at radius 2 is 1.15 bits per heavy atom. The fourth-order valence-electron chi connectivity index (χ4n) is 1.79. The van der Waals surface area contributed by atoms with Crippen LogP contribution in [0.15, 0.2) is 36.4 Å². The molecule has 4 nitrogen and oxygen atoms in total. The second-order valence-electron chi connectivity index (χ2n) is 4.34. The van der Waals surface area contributed by atoms with E-state index in [1.165, 1.54) is 0 Å². The topological polar surface area (TPSA) is 52.6 Å². The third-order valence-corrected chi connectivity index (χ3v) is 3.13. The minimum Gasteiger partial charge on any atom is -0.298 e. The van der Waals surface area contributed by atoms with E-state index in [4.69, 9.17) is 9.78 Å². The summed E-state index contributed by atoms with van der Waals surface area (Å²) in [5.41, 5.74) is 2.49. The third-order valence-electron chi connectivity index (χ3n) is 3.13. The van der Waals surface area contributed by atoms with Crippen LogP contribution in [0.5, 0.6) is 11.5 Å². The van der Waals surface area contributed by atoms with Gasteiger partial charge in [0.05, 0.1) is 0 Å². The van der Waals surface area contributed by atoms with Crippen LogP contribution in [0.1, 0.15) is 31.8 Å². The van der Waals surface area contributed by atoms with Gasteiger partial charge < -0.3 is 0 Å². The van der Waals surface area contributed by atoms with Gasteiger partial charge >= 0.3 is 0 Å². The Labute approximate surface area is 116 Å². The highest BCUT2D eigenvalue weighted by atomic mass is 17.2. The number of hydrogen-bond donors (Lipinski definition) is 0. The van der Waals surface area contributed by atoms with E-state index >= 15 is 0 Å². The molecule has 0 N–H and O–H groups in total. The number of rotatable bonds is 5. The summed E-state index contributed by atoms with van der Waals surface area (Å²) in [5, 5.41) is 0. The summed E-state index contributed by atoms with van der Waals surface area (Å²) in [6.07, 6.45) is 1.53. The normalized spacial score (nSPS) is 9.90. The second kappa shape index (κ2) is 6.02. The first-order valence-electron chi connectivity index (χ1n) is 6.11. The highest BCUT2D eigenvalue weighted by molar-refractivity contribution is 5.79. The number of carbonyl (C=O) groups is 2. The van der Waals surface area contributed by atoms with E-state index in [-0.39, 0.29) is 0 Å². The quantitative estimate of drug-likeness (QED) is 0.475. The van der Waals surface area contributed by atoms with Gasteiger partial charge in [0.25, 0.3) is 0 Å². The smallest absolute Gasteiger partial charge is 0.182 e. The largest absolute Gasteiger partial charge is 0.298 e. The van der Waals surface area contributed by atoms with Crippen molar-refractivity contribution in [2.24, 2.45) is 0 Å². The van der Waals surface area contributed by atoms with E-state index in [0.29, 0.717) is 33.8 Å². The Morgan fingerprint density at radius 3 is 1.50 bits per heavy atom. The molecule has 0 atom stereocenters. The maximum atomic E-state index is 10.9. The molecule has 2 aromatic rings. The molecule has 0 aliphatic heterocycles. The van der Waals surface area contributed by atoms with Gasteiger partial charge in [-0.05, 0) is 26.0 Å². The molecule has 0 aromatic heterocycles. The molecule has 0 fully saturated rings. The molecule has 0 amide bonds. The van der Waals surface area contributed by atoms with E-state index in [1.807, 2.05) is 0 Å². The molecule has 2 rings (SSSR count). The van der Waals surface area contributed by atoms with Gasteiger partial charge in [-0.25, -0.2) is 0 Å². The first-order valence-corrected chi connectivity index (χ1v) is 6.11. The summed E-state index contributed by atoms with van der Waals surface area (Å²) in [7, 11) is 0. The van der Waals surface area contributed by atoms with Gasteiger partial charge in [-0.1, -0.05) is 24.3 Å². The summed E-state index contributed by atoms with van der Waals surface area (Å²) in [4.78, 5) is 32.3. The summed E-state index contributed by atoms with van der Waals surface area (Å²) in [6.45, 7) is 3.55. The van der Waals surface area contributed by atoms with E-state index in [0.717, 1.165) is 12.6 Å². The van der Waals surface area contributed by atoms with Gasteiger partial charge in [0.1, 0.15) is 12.6 Å². The molecule has 20 heavy (non-hydrogen) atoms. The minimum atomic E-state index is 0.463. The van der Waals surface area contributed by atoms with Crippen molar-refractivity contribution in [2.75, 3.05) is 0 Å². The number of hydrogen-bond acceptors (Lipinski definition) is 4. The number of benzene rings is 2. The standard InChI is InChI=1S/C16H14O4/c1-11-13(9-17)5-3-7-15(11)19-20-16-8-4-6-14(10-18)12(16)2/h3-10H,1-2H3. The van der Waals surface area contributed by atoms with E-state index in [9.17, 15) is 9.59 Å². The fraction of sp³-hybridized carbons (Fsp3) is 0.125. The SMILES string of the molecule is Cc1c(C=O)cccc1OOc1cccc(C=O)c1C. The van der Waals surface area contributed by atoms with E-state index in [1.54, 1.807) is 50.2 Å². The molecule has 0 unspecified atom stereocenters. The van der Waals surface area contributed by atoms with Crippen LogP contribution in [0.25, 0.3) is 0 Å². The molecule has 0 saturated carbocycles. The van der Waals surface area contributed by atoms with Crippen molar-refractivity contribution in [1.29, 1.82) is 0 Å². The lowest BCUT2D eigenvalue weighted by Gasteiger charge is -2.11. The Hall–Kier alpha value is -2.62. The Bertz CT molecular complexity index is 589. The van der Waals surface area contributed by atoms with E-state index < -0.39 is 0 Å². The number of aldehydes is 2. The van der Waals surface area contributed by atoms with Crippen LogP contribution in [-0.2, 0) is 0 Å².